The van der Waals surface area contributed by atoms with Crippen LogP contribution in [0.15, 0.2) is 35.7 Å². The molecule has 2 aliphatic heterocycles. The van der Waals surface area contributed by atoms with E-state index in [4.69, 9.17) is 0 Å². The van der Waals surface area contributed by atoms with Gasteiger partial charge >= 0.3 is 0 Å². The lowest BCUT2D eigenvalue weighted by molar-refractivity contribution is -0.125. The summed E-state index contributed by atoms with van der Waals surface area (Å²) in [6.45, 7) is 4.14. The van der Waals surface area contributed by atoms with Crippen molar-refractivity contribution in [1.82, 2.24) is 4.90 Å². The molecule has 1 amide bonds. The first-order valence-corrected chi connectivity index (χ1v) is 9.57. The van der Waals surface area contributed by atoms with Gasteiger partial charge in [-0.2, -0.15) is 0 Å². The quantitative estimate of drug-likeness (QED) is 0.793. The Morgan fingerprint density at radius 3 is 2.88 bits per heavy atom. The highest BCUT2D eigenvalue weighted by Crippen LogP contribution is 2.46. The molecule has 1 saturated heterocycles. The third-order valence-corrected chi connectivity index (χ3v) is 6.55. The summed E-state index contributed by atoms with van der Waals surface area (Å²) in [5.41, 5.74) is 2.97. The Morgan fingerprint density at radius 2 is 2.12 bits per heavy atom. The normalized spacial score (nSPS) is 23.3. The van der Waals surface area contributed by atoms with Crippen molar-refractivity contribution in [3.63, 3.8) is 0 Å². The largest absolute Gasteiger partial charge is 0.314 e. The number of fused-ring (bicyclic) bond motifs is 2. The van der Waals surface area contributed by atoms with Gasteiger partial charge < -0.3 is 4.90 Å². The number of rotatable bonds is 3. The first-order valence-electron chi connectivity index (χ1n) is 8.70. The number of thiophene rings is 1. The van der Waals surface area contributed by atoms with Crippen LogP contribution < -0.4 is 4.90 Å². The van der Waals surface area contributed by atoms with Crippen LogP contribution in [-0.4, -0.2) is 36.7 Å². The number of amides is 1. The van der Waals surface area contributed by atoms with Crippen LogP contribution in [0.5, 0.6) is 0 Å². The van der Waals surface area contributed by atoms with E-state index in [9.17, 15) is 9.59 Å². The minimum atomic E-state index is -0.414. The molecule has 130 valence electrons. The molecule has 3 heterocycles. The van der Waals surface area contributed by atoms with Gasteiger partial charge in [0.05, 0.1) is 10.3 Å². The van der Waals surface area contributed by atoms with Crippen molar-refractivity contribution in [2.75, 3.05) is 25.0 Å². The zero-order chi connectivity index (χ0) is 17.6. The second kappa shape index (κ2) is 6.07. The Bertz CT molecular complexity index is 844. The van der Waals surface area contributed by atoms with Gasteiger partial charge in [-0.05, 0) is 54.9 Å². The second-order valence-electron chi connectivity index (χ2n) is 7.15. The van der Waals surface area contributed by atoms with Crippen molar-refractivity contribution < 1.29 is 9.59 Å². The molecule has 1 atom stereocenters. The van der Waals surface area contributed by atoms with Gasteiger partial charge in [-0.25, -0.2) is 0 Å². The van der Waals surface area contributed by atoms with Crippen LogP contribution in [0.2, 0.25) is 0 Å². The fourth-order valence-electron chi connectivity index (χ4n) is 4.29. The Labute approximate surface area is 152 Å². The highest BCUT2D eigenvalue weighted by atomic mass is 32.1. The maximum atomic E-state index is 13.1. The van der Waals surface area contributed by atoms with Gasteiger partial charge in [-0.3, -0.25) is 14.5 Å². The monoisotopic (exact) mass is 354 g/mol. The summed E-state index contributed by atoms with van der Waals surface area (Å²) in [4.78, 5) is 29.6. The van der Waals surface area contributed by atoms with Gasteiger partial charge in [0, 0.05) is 25.8 Å². The van der Waals surface area contributed by atoms with Crippen molar-refractivity contribution in [1.29, 1.82) is 0 Å². The van der Waals surface area contributed by atoms with Crippen molar-refractivity contribution in [2.24, 2.45) is 0 Å². The molecule has 25 heavy (non-hydrogen) atoms. The number of likely N-dealkylation sites (N-methyl/N-ethyl adjacent to an activating group) is 1. The van der Waals surface area contributed by atoms with E-state index in [1.807, 2.05) is 36.2 Å². The first kappa shape index (κ1) is 16.5. The average molecular weight is 354 g/mol. The van der Waals surface area contributed by atoms with Gasteiger partial charge in [-0.15, -0.1) is 11.3 Å². The third-order valence-electron chi connectivity index (χ3n) is 5.47. The Kier molecular flexibility index (Phi) is 4.01. The van der Waals surface area contributed by atoms with Crippen LogP contribution >= 0.6 is 11.3 Å². The van der Waals surface area contributed by atoms with E-state index in [-0.39, 0.29) is 11.7 Å². The molecule has 1 fully saturated rings. The lowest BCUT2D eigenvalue weighted by atomic mass is 9.75. The van der Waals surface area contributed by atoms with Crippen LogP contribution in [0.1, 0.15) is 40.6 Å². The third kappa shape index (κ3) is 2.62. The highest BCUT2D eigenvalue weighted by molar-refractivity contribution is 7.12. The first-order chi connectivity index (χ1) is 12.0. The summed E-state index contributed by atoms with van der Waals surface area (Å²) < 4.78 is 0. The molecule has 0 bridgehead atoms. The zero-order valence-corrected chi connectivity index (χ0v) is 15.4. The maximum absolute atomic E-state index is 13.1. The SMILES string of the molecule is CC(=O)c1cc(CN2CCCC3(C2)C(=O)N(C)c2ccccc23)cs1. The summed E-state index contributed by atoms with van der Waals surface area (Å²) in [7, 11) is 1.88. The van der Waals surface area contributed by atoms with Crippen LogP contribution in [-0.2, 0) is 16.8 Å². The predicted molar refractivity (Wildman–Crippen MR) is 100 cm³/mol. The minimum absolute atomic E-state index is 0.118. The van der Waals surface area contributed by atoms with Crippen molar-refractivity contribution in [3.8, 4) is 0 Å². The van der Waals surface area contributed by atoms with E-state index in [1.165, 1.54) is 22.5 Å². The van der Waals surface area contributed by atoms with E-state index in [2.05, 4.69) is 16.3 Å². The second-order valence-corrected chi connectivity index (χ2v) is 8.06. The van der Waals surface area contributed by atoms with Gasteiger partial charge in [0.15, 0.2) is 5.78 Å². The average Bonchev–Trinajstić information content (AvgIpc) is 3.15. The number of Topliss-reactive ketones (excluding diaryl/α,β-unsaturated/α-hetero) is 1. The van der Waals surface area contributed by atoms with Gasteiger partial charge in [0.1, 0.15) is 0 Å². The number of nitrogens with zero attached hydrogens (tertiary/aromatic N) is 2. The number of likely N-dealkylation sites (tertiary alicyclic amines) is 1. The number of benzene rings is 1. The number of carbonyl (C=O) groups excluding carboxylic acids is 2. The number of piperidine rings is 1. The summed E-state index contributed by atoms with van der Waals surface area (Å²) in [6, 6.07) is 10.2. The van der Waals surface area contributed by atoms with Crippen molar-refractivity contribution >= 4 is 28.7 Å². The predicted octanol–water partition coefficient (Wildman–Crippen LogP) is 3.46. The number of ketones is 1. The number of carbonyl (C=O) groups is 2. The Morgan fingerprint density at radius 1 is 1.32 bits per heavy atom. The summed E-state index contributed by atoms with van der Waals surface area (Å²) >= 11 is 1.51. The molecular weight excluding hydrogens is 332 g/mol. The van der Waals surface area contributed by atoms with Crippen LogP contribution in [0.3, 0.4) is 0 Å². The van der Waals surface area contributed by atoms with E-state index in [0.717, 1.165) is 43.0 Å². The number of hydrogen-bond donors (Lipinski definition) is 0. The van der Waals surface area contributed by atoms with Crippen LogP contribution in [0.25, 0.3) is 0 Å². The molecule has 5 heteroatoms. The summed E-state index contributed by atoms with van der Waals surface area (Å²) in [5, 5.41) is 2.06. The molecule has 0 saturated carbocycles. The highest BCUT2D eigenvalue weighted by Gasteiger charge is 2.51. The fraction of sp³-hybridized carbons (Fsp3) is 0.400. The molecule has 1 unspecified atom stereocenters. The van der Waals surface area contributed by atoms with Crippen molar-refractivity contribution in [3.05, 3.63) is 51.7 Å². The van der Waals surface area contributed by atoms with Crippen molar-refractivity contribution in [2.45, 2.75) is 31.7 Å². The molecule has 2 aromatic rings. The fourth-order valence-corrected chi connectivity index (χ4v) is 5.10. The zero-order valence-electron chi connectivity index (χ0n) is 14.6. The van der Waals surface area contributed by atoms with Gasteiger partial charge in [0.2, 0.25) is 5.91 Å². The molecule has 0 aliphatic carbocycles. The summed E-state index contributed by atoms with van der Waals surface area (Å²) in [6.07, 6.45) is 1.92. The Hall–Kier alpha value is -1.98. The standard InChI is InChI=1S/C20H22N2O2S/c1-14(23)18-10-15(12-25-18)11-22-9-5-8-20(13-22)16-6-3-4-7-17(16)21(2)19(20)24/h3-4,6-7,10,12H,5,8-9,11,13H2,1-2H3. The van der Waals surface area contributed by atoms with E-state index < -0.39 is 5.41 Å². The molecular formula is C20H22N2O2S. The van der Waals surface area contributed by atoms with E-state index in [0.29, 0.717) is 0 Å². The lowest BCUT2D eigenvalue weighted by Gasteiger charge is -2.39. The lowest BCUT2D eigenvalue weighted by Crippen LogP contribution is -2.51. The Balaban J connectivity index is 1.60. The maximum Gasteiger partial charge on any atom is 0.238 e. The van der Waals surface area contributed by atoms with E-state index in [1.54, 1.807) is 6.92 Å². The number of anilines is 1. The van der Waals surface area contributed by atoms with E-state index >= 15 is 0 Å². The van der Waals surface area contributed by atoms with Crippen LogP contribution in [0.4, 0.5) is 5.69 Å². The smallest absolute Gasteiger partial charge is 0.238 e. The molecule has 4 rings (SSSR count). The molecule has 1 aromatic carbocycles. The van der Waals surface area contributed by atoms with Gasteiger partial charge in [-0.1, -0.05) is 18.2 Å². The number of hydrogen-bond acceptors (Lipinski definition) is 4. The van der Waals surface area contributed by atoms with Gasteiger partial charge in [0.25, 0.3) is 0 Å². The molecule has 0 radical (unpaired) electrons. The molecule has 4 nitrogen and oxygen atoms in total. The molecule has 1 aromatic heterocycles. The summed E-state index contributed by atoms with van der Waals surface area (Å²) in [5.74, 6) is 0.334. The number of para-hydroxylation sites is 1. The molecule has 0 N–H and O–H groups in total. The topological polar surface area (TPSA) is 40.6 Å². The minimum Gasteiger partial charge on any atom is -0.314 e. The molecule has 1 spiro atoms. The molecule has 2 aliphatic rings. The van der Waals surface area contributed by atoms with Crippen LogP contribution in [0, 0.1) is 0 Å².